The average Bonchev–Trinajstić information content (AvgIpc) is 1.90. The van der Waals surface area contributed by atoms with Gasteiger partial charge in [0.15, 0.2) is 0 Å². The highest BCUT2D eigenvalue weighted by Gasteiger charge is 1.89. The fraction of sp³-hybridized carbons (Fsp3) is 0.143. The Kier molecular flexibility index (Phi) is 1.90. The maximum atomic E-state index is 4.93. The second-order valence-electron chi connectivity index (χ2n) is 1.79. The smallest absolute Gasteiger partial charge is 0.0274 e. The third-order valence-corrected chi connectivity index (χ3v) is 1.32. The van der Waals surface area contributed by atoms with Crippen molar-refractivity contribution in [2.24, 2.45) is 0 Å². The van der Waals surface area contributed by atoms with Crippen LogP contribution in [0.4, 0.5) is 0 Å². The van der Waals surface area contributed by atoms with Crippen LogP contribution in [0, 0.1) is 0 Å². The summed E-state index contributed by atoms with van der Waals surface area (Å²) < 4.78 is 0. The third-order valence-electron chi connectivity index (χ3n) is 1.09. The lowest BCUT2D eigenvalue weighted by molar-refractivity contribution is 1.32. The normalized spacial score (nSPS) is 9.00. The lowest BCUT2D eigenvalue weighted by atomic mass is 10.2. The predicted molar refractivity (Wildman–Crippen MR) is 41.6 cm³/mol. The Morgan fingerprint density at radius 3 is 2.33 bits per heavy atom. The first kappa shape index (κ1) is 6.36. The van der Waals surface area contributed by atoms with Gasteiger partial charge in [-0.05, 0) is 24.6 Å². The van der Waals surface area contributed by atoms with E-state index in [1.165, 1.54) is 0 Å². The second kappa shape index (κ2) is 2.69. The monoisotopic (exact) mass is 137 g/mol. The molecule has 1 nitrogen and oxygen atoms in total. The minimum atomic E-state index is 0.914. The van der Waals surface area contributed by atoms with Gasteiger partial charge in [-0.2, -0.15) is 0 Å². The molecule has 0 saturated heterocycles. The summed E-state index contributed by atoms with van der Waals surface area (Å²) >= 11 is 4.93. The SMILES string of the molecule is CC(=S)c1ccncc1. The predicted octanol–water partition coefficient (Wildman–Crippen LogP) is 1.82. The van der Waals surface area contributed by atoms with Gasteiger partial charge in [0, 0.05) is 17.3 Å². The van der Waals surface area contributed by atoms with Gasteiger partial charge in [0.2, 0.25) is 0 Å². The Bertz CT molecular complexity index is 205. The quantitative estimate of drug-likeness (QED) is 0.432. The number of thiocarbonyl (C=S) groups is 1. The van der Waals surface area contributed by atoms with Gasteiger partial charge < -0.3 is 0 Å². The van der Waals surface area contributed by atoms with Crippen LogP contribution in [0.1, 0.15) is 12.5 Å². The molecule has 0 unspecified atom stereocenters. The lowest BCUT2D eigenvalue weighted by Gasteiger charge is -1.92. The van der Waals surface area contributed by atoms with Crippen LogP contribution < -0.4 is 0 Å². The van der Waals surface area contributed by atoms with Crippen LogP contribution in [0.25, 0.3) is 0 Å². The molecule has 0 radical (unpaired) electrons. The lowest BCUT2D eigenvalue weighted by Crippen LogP contribution is -1.88. The van der Waals surface area contributed by atoms with E-state index in [9.17, 15) is 0 Å². The fourth-order valence-corrected chi connectivity index (χ4v) is 0.723. The van der Waals surface area contributed by atoms with Gasteiger partial charge in [-0.15, -0.1) is 0 Å². The summed E-state index contributed by atoms with van der Waals surface area (Å²) in [6.07, 6.45) is 3.48. The molecule has 0 spiro atoms. The maximum absolute atomic E-state index is 4.93. The number of nitrogens with zero attached hydrogens (tertiary/aromatic N) is 1. The van der Waals surface area contributed by atoms with Crippen LogP contribution in [0.2, 0.25) is 0 Å². The van der Waals surface area contributed by atoms with Crippen LogP contribution in [0.15, 0.2) is 24.5 Å². The number of aromatic nitrogens is 1. The Balaban J connectivity index is 2.98. The van der Waals surface area contributed by atoms with E-state index in [0.29, 0.717) is 0 Å². The number of pyridine rings is 1. The topological polar surface area (TPSA) is 12.9 Å². The van der Waals surface area contributed by atoms with Crippen LogP contribution >= 0.6 is 12.2 Å². The van der Waals surface area contributed by atoms with E-state index in [1.54, 1.807) is 12.4 Å². The minimum absolute atomic E-state index is 0.914. The summed E-state index contributed by atoms with van der Waals surface area (Å²) in [7, 11) is 0. The van der Waals surface area contributed by atoms with E-state index in [4.69, 9.17) is 12.2 Å². The summed E-state index contributed by atoms with van der Waals surface area (Å²) in [6, 6.07) is 3.81. The van der Waals surface area contributed by atoms with E-state index in [0.717, 1.165) is 10.4 Å². The Hall–Kier alpha value is -0.760. The molecule has 46 valence electrons. The molecule has 9 heavy (non-hydrogen) atoms. The summed E-state index contributed by atoms with van der Waals surface area (Å²) in [5.74, 6) is 0. The zero-order valence-corrected chi connectivity index (χ0v) is 5.98. The van der Waals surface area contributed by atoms with Gasteiger partial charge >= 0.3 is 0 Å². The van der Waals surface area contributed by atoms with Crippen molar-refractivity contribution >= 4 is 17.1 Å². The largest absolute Gasteiger partial charge is 0.265 e. The van der Waals surface area contributed by atoms with Gasteiger partial charge in [0.1, 0.15) is 0 Å². The van der Waals surface area contributed by atoms with Crippen molar-refractivity contribution in [3.8, 4) is 0 Å². The van der Waals surface area contributed by atoms with Gasteiger partial charge in [-0.1, -0.05) is 12.2 Å². The molecule has 1 rings (SSSR count). The third kappa shape index (κ3) is 1.57. The molecule has 0 atom stereocenters. The van der Waals surface area contributed by atoms with Crippen molar-refractivity contribution in [1.29, 1.82) is 0 Å². The fourth-order valence-electron chi connectivity index (χ4n) is 0.587. The van der Waals surface area contributed by atoms with Gasteiger partial charge in [-0.25, -0.2) is 0 Å². The second-order valence-corrected chi connectivity index (χ2v) is 2.40. The van der Waals surface area contributed by atoms with Crippen molar-refractivity contribution in [1.82, 2.24) is 4.98 Å². The Labute approximate surface area is 59.7 Å². The number of hydrogen-bond donors (Lipinski definition) is 0. The molecule has 1 aromatic rings. The summed E-state index contributed by atoms with van der Waals surface area (Å²) in [5.41, 5.74) is 1.08. The highest BCUT2D eigenvalue weighted by atomic mass is 32.1. The van der Waals surface area contributed by atoms with Crippen LogP contribution in [0.3, 0.4) is 0 Å². The van der Waals surface area contributed by atoms with E-state index >= 15 is 0 Å². The molecule has 1 aromatic heterocycles. The molecule has 0 aromatic carbocycles. The molecular formula is C7H7NS. The highest BCUT2D eigenvalue weighted by Crippen LogP contribution is 1.97. The average molecular weight is 137 g/mol. The van der Waals surface area contributed by atoms with Crippen LogP contribution in [0.5, 0.6) is 0 Å². The molecule has 0 aliphatic rings. The molecule has 0 bridgehead atoms. The minimum Gasteiger partial charge on any atom is -0.265 e. The zero-order chi connectivity index (χ0) is 6.69. The first-order chi connectivity index (χ1) is 4.30. The Morgan fingerprint density at radius 1 is 1.44 bits per heavy atom. The number of hydrogen-bond acceptors (Lipinski definition) is 2. The standard InChI is InChI=1S/C7H7NS/c1-6(9)7-2-4-8-5-3-7/h2-5H,1H3. The van der Waals surface area contributed by atoms with Crippen LogP contribution in [-0.2, 0) is 0 Å². The van der Waals surface area contributed by atoms with Crippen molar-refractivity contribution in [3.63, 3.8) is 0 Å². The molecule has 0 N–H and O–H groups in total. The zero-order valence-electron chi connectivity index (χ0n) is 5.16. The van der Waals surface area contributed by atoms with Gasteiger partial charge in [-0.3, -0.25) is 4.98 Å². The summed E-state index contributed by atoms with van der Waals surface area (Å²) in [5, 5.41) is 0. The summed E-state index contributed by atoms with van der Waals surface area (Å²) in [4.78, 5) is 4.78. The van der Waals surface area contributed by atoms with Gasteiger partial charge in [0.25, 0.3) is 0 Å². The van der Waals surface area contributed by atoms with Crippen molar-refractivity contribution in [2.75, 3.05) is 0 Å². The van der Waals surface area contributed by atoms with Crippen molar-refractivity contribution in [3.05, 3.63) is 30.1 Å². The first-order valence-corrected chi connectivity index (χ1v) is 3.12. The van der Waals surface area contributed by atoms with Crippen molar-refractivity contribution in [2.45, 2.75) is 6.92 Å². The van der Waals surface area contributed by atoms with E-state index < -0.39 is 0 Å². The van der Waals surface area contributed by atoms with Crippen molar-refractivity contribution < 1.29 is 0 Å². The molecular weight excluding hydrogens is 130 g/mol. The van der Waals surface area contributed by atoms with E-state index in [1.807, 2.05) is 19.1 Å². The van der Waals surface area contributed by atoms with E-state index in [2.05, 4.69) is 4.98 Å². The van der Waals surface area contributed by atoms with E-state index in [-0.39, 0.29) is 0 Å². The first-order valence-electron chi connectivity index (χ1n) is 2.71. The van der Waals surface area contributed by atoms with Gasteiger partial charge in [0.05, 0.1) is 0 Å². The Morgan fingerprint density at radius 2 is 2.00 bits per heavy atom. The molecule has 0 saturated carbocycles. The molecule has 2 heteroatoms. The maximum Gasteiger partial charge on any atom is 0.0274 e. The highest BCUT2D eigenvalue weighted by molar-refractivity contribution is 7.80. The molecule has 0 aliphatic carbocycles. The molecule has 1 heterocycles. The number of rotatable bonds is 1. The molecule has 0 fully saturated rings. The molecule has 0 amide bonds. The molecule has 0 aliphatic heterocycles. The summed E-state index contributed by atoms with van der Waals surface area (Å²) in [6.45, 7) is 1.91. The van der Waals surface area contributed by atoms with Crippen LogP contribution in [-0.4, -0.2) is 9.85 Å².